The van der Waals surface area contributed by atoms with Gasteiger partial charge in [-0.25, -0.2) is 0 Å². The van der Waals surface area contributed by atoms with Crippen molar-refractivity contribution in [2.24, 2.45) is 0 Å². The minimum Gasteiger partial charge on any atom is -0.435 e. The summed E-state index contributed by atoms with van der Waals surface area (Å²) in [5, 5.41) is 0.263. The predicted molar refractivity (Wildman–Crippen MR) is 83.8 cm³/mol. The Morgan fingerprint density at radius 1 is 1.04 bits per heavy atom. The molecular formula is C16H13ClF2N2O3. The van der Waals surface area contributed by atoms with Crippen molar-refractivity contribution in [2.75, 3.05) is 0 Å². The minimum absolute atomic E-state index is 0.00109. The molecule has 0 fully saturated rings. The van der Waals surface area contributed by atoms with Crippen molar-refractivity contribution in [3.8, 4) is 5.75 Å². The van der Waals surface area contributed by atoms with Gasteiger partial charge in [0.25, 0.3) is 5.91 Å². The van der Waals surface area contributed by atoms with E-state index in [2.05, 4.69) is 15.6 Å². The molecule has 2 amide bonds. The predicted octanol–water partition coefficient (Wildman–Crippen LogP) is 2.95. The van der Waals surface area contributed by atoms with Crippen LogP contribution in [-0.2, 0) is 11.2 Å². The van der Waals surface area contributed by atoms with Crippen molar-refractivity contribution in [3.05, 3.63) is 64.7 Å². The highest BCUT2D eigenvalue weighted by atomic mass is 35.5. The second kappa shape index (κ2) is 8.26. The Morgan fingerprint density at radius 3 is 2.33 bits per heavy atom. The van der Waals surface area contributed by atoms with Gasteiger partial charge in [0, 0.05) is 0 Å². The van der Waals surface area contributed by atoms with Gasteiger partial charge in [-0.05, 0) is 29.8 Å². The smallest absolute Gasteiger partial charge is 0.387 e. The second-order valence-electron chi connectivity index (χ2n) is 4.68. The van der Waals surface area contributed by atoms with E-state index in [4.69, 9.17) is 11.6 Å². The fourth-order valence-corrected chi connectivity index (χ4v) is 2.08. The van der Waals surface area contributed by atoms with E-state index >= 15 is 0 Å². The van der Waals surface area contributed by atoms with E-state index in [-0.39, 0.29) is 22.8 Å². The number of carbonyl (C=O) groups is 2. The molecule has 0 spiro atoms. The zero-order valence-electron chi connectivity index (χ0n) is 12.3. The van der Waals surface area contributed by atoms with E-state index < -0.39 is 18.4 Å². The molecule has 0 aliphatic rings. The van der Waals surface area contributed by atoms with Gasteiger partial charge in [-0.15, -0.1) is 0 Å². The number of hydrogen-bond acceptors (Lipinski definition) is 3. The molecule has 0 radical (unpaired) electrons. The molecule has 0 aromatic heterocycles. The van der Waals surface area contributed by atoms with Crippen LogP contribution in [0, 0.1) is 0 Å². The second-order valence-corrected chi connectivity index (χ2v) is 5.09. The number of nitrogens with one attached hydrogen (secondary N) is 2. The standard InChI is InChI=1S/C16H13ClF2N2O3/c17-13-4-2-1-3-12(13)15(23)21-20-14(22)9-10-5-7-11(8-6-10)24-16(18)19/h1-8,16H,9H2,(H,20,22)(H,21,23). The maximum absolute atomic E-state index is 12.0. The summed E-state index contributed by atoms with van der Waals surface area (Å²) in [6.45, 7) is -2.90. The molecule has 0 heterocycles. The average molecular weight is 355 g/mol. The van der Waals surface area contributed by atoms with Crippen LogP contribution in [0.4, 0.5) is 8.78 Å². The van der Waals surface area contributed by atoms with Gasteiger partial charge >= 0.3 is 6.61 Å². The van der Waals surface area contributed by atoms with Crippen LogP contribution in [-0.4, -0.2) is 18.4 Å². The lowest BCUT2D eigenvalue weighted by atomic mass is 10.1. The minimum atomic E-state index is -2.90. The van der Waals surface area contributed by atoms with E-state index in [0.717, 1.165) is 0 Å². The Labute approximate surface area is 141 Å². The number of hydrogen-bond donors (Lipinski definition) is 2. The van der Waals surface area contributed by atoms with Gasteiger partial charge in [0.1, 0.15) is 5.75 Å². The number of rotatable bonds is 5. The highest BCUT2D eigenvalue weighted by Crippen LogP contribution is 2.15. The zero-order valence-corrected chi connectivity index (χ0v) is 13.0. The van der Waals surface area contributed by atoms with Gasteiger partial charge in [-0.3, -0.25) is 20.4 Å². The van der Waals surface area contributed by atoms with Crippen molar-refractivity contribution in [3.63, 3.8) is 0 Å². The van der Waals surface area contributed by atoms with E-state index in [1.54, 1.807) is 18.2 Å². The van der Waals surface area contributed by atoms with Crippen LogP contribution < -0.4 is 15.6 Å². The molecule has 8 heteroatoms. The molecule has 2 N–H and O–H groups in total. The number of amides is 2. The number of ether oxygens (including phenoxy) is 1. The van der Waals surface area contributed by atoms with Gasteiger partial charge < -0.3 is 4.74 Å². The lowest BCUT2D eigenvalue weighted by molar-refractivity contribution is -0.121. The first-order chi connectivity index (χ1) is 11.5. The third-order valence-corrected chi connectivity index (χ3v) is 3.28. The Morgan fingerprint density at radius 2 is 1.71 bits per heavy atom. The lowest BCUT2D eigenvalue weighted by Gasteiger charge is -2.09. The summed E-state index contributed by atoms with van der Waals surface area (Å²) in [5.41, 5.74) is 5.31. The molecule has 2 aromatic rings. The monoisotopic (exact) mass is 354 g/mol. The SMILES string of the molecule is O=C(Cc1ccc(OC(F)F)cc1)NNC(=O)c1ccccc1Cl. The van der Waals surface area contributed by atoms with Crippen molar-refractivity contribution >= 4 is 23.4 Å². The largest absolute Gasteiger partial charge is 0.435 e. The first-order valence-electron chi connectivity index (χ1n) is 6.83. The van der Waals surface area contributed by atoms with Gasteiger partial charge in [-0.2, -0.15) is 8.78 Å². The maximum Gasteiger partial charge on any atom is 0.387 e. The van der Waals surface area contributed by atoms with Gasteiger partial charge in [0.05, 0.1) is 17.0 Å². The highest BCUT2D eigenvalue weighted by Gasteiger charge is 2.11. The number of alkyl halides is 2. The summed E-state index contributed by atoms with van der Waals surface area (Å²) in [6, 6.07) is 12.0. The van der Waals surface area contributed by atoms with E-state index in [9.17, 15) is 18.4 Å². The zero-order chi connectivity index (χ0) is 17.5. The van der Waals surface area contributed by atoms with Crippen molar-refractivity contribution in [1.82, 2.24) is 10.9 Å². The molecule has 0 unspecified atom stereocenters. The maximum atomic E-state index is 12.0. The van der Waals surface area contributed by atoms with Crippen molar-refractivity contribution in [2.45, 2.75) is 13.0 Å². The van der Waals surface area contributed by atoms with Crippen molar-refractivity contribution < 1.29 is 23.1 Å². The molecule has 126 valence electrons. The number of hydrazine groups is 1. The molecule has 0 saturated heterocycles. The fourth-order valence-electron chi connectivity index (χ4n) is 1.86. The third kappa shape index (κ3) is 5.20. The first-order valence-corrected chi connectivity index (χ1v) is 7.21. The molecule has 0 saturated carbocycles. The molecule has 0 bridgehead atoms. The average Bonchev–Trinajstić information content (AvgIpc) is 2.54. The summed E-state index contributed by atoms with van der Waals surface area (Å²) in [7, 11) is 0. The van der Waals surface area contributed by atoms with E-state index in [1.165, 1.54) is 30.3 Å². The van der Waals surface area contributed by atoms with Crippen LogP contribution in [0.5, 0.6) is 5.75 Å². The summed E-state index contributed by atoms with van der Waals surface area (Å²) >= 11 is 5.88. The fraction of sp³-hybridized carbons (Fsp3) is 0.125. The molecule has 5 nitrogen and oxygen atoms in total. The molecule has 2 rings (SSSR count). The molecule has 0 aliphatic carbocycles. The topological polar surface area (TPSA) is 67.4 Å². The Balaban J connectivity index is 1.85. The molecule has 24 heavy (non-hydrogen) atoms. The lowest BCUT2D eigenvalue weighted by Crippen LogP contribution is -2.42. The van der Waals surface area contributed by atoms with E-state index in [1.807, 2.05) is 0 Å². The Bertz CT molecular complexity index is 724. The third-order valence-electron chi connectivity index (χ3n) is 2.95. The Hall–Kier alpha value is -2.67. The molecular weight excluding hydrogens is 342 g/mol. The molecule has 0 aliphatic heterocycles. The highest BCUT2D eigenvalue weighted by molar-refractivity contribution is 6.33. The van der Waals surface area contributed by atoms with Gasteiger partial charge in [0.2, 0.25) is 5.91 Å². The molecule has 2 aromatic carbocycles. The summed E-state index contributed by atoms with van der Waals surface area (Å²) in [6.07, 6.45) is -0.0439. The van der Waals surface area contributed by atoms with Crippen LogP contribution in [0.15, 0.2) is 48.5 Å². The van der Waals surface area contributed by atoms with Gasteiger partial charge in [0.15, 0.2) is 0 Å². The number of halogens is 3. The summed E-state index contributed by atoms with van der Waals surface area (Å²) in [5.74, 6) is -1.02. The first kappa shape index (κ1) is 17.7. The van der Waals surface area contributed by atoms with Crippen LogP contribution in [0.1, 0.15) is 15.9 Å². The van der Waals surface area contributed by atoms with Gasteiger partial charge in [-0.1, -0.05) is 35.9 Å². The number of benzene rings is 2. The summed E-state index contributed by atoms with van der Waals surface area (Å²) in [4.78, 5) is 23.7. The molecule has 0 atom stereocenters. The van der Waals surface area contributed by atoms with Crippen LogP contribution in [0.2, 0.25) is 5.02 Å². The van der Waals surface area contributed by atoms with Crippen molar-refractivity contribution in [1.29, 1.82) is 0 Å². The van der Waals surface area contributed by atoms with Crippen LogP contribution in [0.3, 0.4) is 0 Å². The number of carbonyl (C=O) groups excluding carboxylic acids is 2. The summed E-state index contributed by atoms with van der Waals surface area (Å²) < 4.78 is 28.3. The normalized spacial score (nSPS) is 10.3. The van der Waals surface area contributed by atoms with Crippen LogP contribution in [0.25, 0.3) is 0 Å². The quantitative estimate of drug-likeness (QED) is 0.811. The Kier molecular flexibility index (Phi) is 6.08. The van der Waals surface area contributed by atoms with E-state index in [0.29, 0.717) is 5.56 Å². The van der Waals surface area contributed by atoms with Crippen LogP contribution >= 0.6 is 11.6 Å².